The number of nitrogens with zero attached hydrogens (tertiary/aromatic N) is 1. The zero-order chi connectivity index (χ0) is 13.8. The summed E-state index contributed by atoms with van der Waals surface area (Å²) in [5.41, 5.74) is -0.707. The summed E-state index contributed by atoms with van der Waals surface area (Å²) in [4.78, 5) is 21.6. The third kappa shape index (κ3) is 3.27. The van der Waals surface area contributed by atoms with Crippen LogP contribution in [0.1, 0.15) is 36.0 Å². The normalized spacial score (nSPS) is 15.4. The van der Waals surface area contributed by atoms with E-state index in [2.05, 4.69) is 0 Å². The average molecular weight is 267 g/mol. The van der Waals surface area contributed by atoms with Crippen molar-refractivity contribution in [3.8, 4) is 0 Å². The van der Waals surface area contributed by atoms with Crippen LogP contribution in [0.15, 0.2) is 18.2 Å². The molecule has 0 atom stereocenters. The molecule has 0 aromatic heterocycles. The van der Waals surface area contributed by atoms with Crippen molar-refractivity contribution >= 4 is 11.7 Å². The summed E-state index contributed by atoms with van der Waals surface area (Å²) < 4.78 is 18.5. The highest BCUT2D eigenvalue weighted by molar-refractivity contribution is 5.90. The van der Waals surface area contributed by atoms with Crippen LogP contribution in [0.4, 0.5) is 10.1 Å². The summed E-state index contributed by atoms with van der Waals surface area (Å²) in [7, 11) is 0. The summed E-state index contributed by atoms with van der Waals surface area (Å²) >= 11 is 0. The van der Waals surface area contributed by atoms with E-state index in [1.165, 1.54) is 0 Å². The van der Waals surface area contributed by atoms with Gasteiger partial charge in [0.15, 0.2) is 0 Å². The van der Waals surface area contributed by atoms with Crippen molar-refractivity contribution in [1.82, 2.24) is 0 Å². The summed E-state index contributed by atoms with van der Waals surface area (Å²) in [5, 5.41) is 10.6. The summed E-state index contributed by atoms with van der Waals surface area (Å²) in [6.07, 6.45) is 4.25. The van der Waals surface area contributed by atoms with E-state index in [4.69, 9.17) is 4.74 Å². The molecule has 0 unspecified atom stereocenters. The van der Waals surface area contributed by atoms with Crippen molar-refractivity contribution < 1.29 is 18.8 Å². The van der Waals surface area contributed by atoms with Gasteiger partial charge < -0.3 is 4.74 Å². The maximum atomic E-state index is 13.5. The van der Waals surface area contributed by atoms with Crippen LogP contribution < -0.4 is 0 Å². The number of rotatable bonds is 4. The maximum Gasteiger partial charge on any atom is 0.341 e. The first-order valence-electron chi connectivity index (χ1n) is 6.19. The van der Waals surface area contributed by atoms with E-state index in [0.29, 0.717) is 5.92 Å². The second kappa shape index (κ2) is 5.77. The van der Waals surface area contributed by atoms with E-state index in [9.17, 15) is 19.3 Å². The number of carbonyl (C=O) groups excluding carboxylic acids is 1. The molecule has 0 aliphatic heterocycles. The predicted octanol–water partition coefficient (Wildman–Crippen LogP) is 3.08. The molecule has 1 fully saturated rings. The molecule has 1 aromatic carbocycles. The predicted molar refractivity (Wildman–Crippen MR) is 65.3 cm³/mol. The zero-order valence-corrected chi connectivity index (χ0v) is 10.3. The minimum atomic E-state index is -0.840. The highest BCUT2D eigenvalue weighted by Crippen LogP contribution is 2.25. The lowest BCUT2D eigenvalue weighted by Gasteiger charge is -2.10. The van der Waals surface area contributed by atoms with Gasteiger partial charge in [0.2, 0.25) is 0 Å². The van der Waals surface area contributed by atoms with E-state index in [1.54, 1.807) is 0 Å². The number of halogens is 1. The molecule has 0 heterocycles. The van der Waals surface area contributed by atoms with Gasteiger partial charge in [-0.2, -0.15) is 0 Å². The lowest BCUT2D eigenvalue weighted by molar-refractivity contribution is -0.384. The zero-order valence-electron chi connectivity index (χ0n) is 10.3. The van der Waals surface area contributed by atoms with E-state index >= 15 is 0 Å². The monoisotopic (exact) mass is 267 g/mol. The fourth-order valence-corrected chi connectivity index (χ4v) is 2.23. The third-order valence-electron chi connectivity index (χ3n) is 3.31. The number of esters is 1. The topological polar surface area (TPSA) is 69.4 Å². The van der Waals surface area contributed by atoms with Gasteiger partial charge >= 0.3 is 5.97 Å². The van der Waals surface area contributed by atoms with Crippen LogP contribution in [0.3, 0.4) is 0 Å². The second-order valence-electron chi connectivity index (χ2n) is 4.67. The maximum absolute atomic E-state index is 13.5. The highest BCUT2D eigenvalue weighted by atomic mass is 19.1. The number of nitro benzene ring substituents is 1. The minimum absolute atomic E-state index is 0.251. The number of non-ortho nitro benzene ring substituents is 1. The van der Waals surface area contributed by atoms with Crippen molar-refractivity contribution in [1.29, 1.82) is 0 Å². The van der Waals surface area contributed by atoms with Gasteiger partial charge in [0.05, 0.1) is 11.5 Å². The summed E-state index contributed by atoms with van der Waals surface area (Å²) in [6, 6.07) is 2.83. The van der Waals surface area contributed by atoms with Gasteiger partial charge in [0, 0.05) is 12.1 Å². The molecule has 0 radical (unpaired) electrons. The summed E-state index contributed by atoms with van der Waals surface area (Å²) in [6.45, 7) is 0.251. The molecule has 0 N–H and O–H groups in total. The molecule has 1 aliphatic carbocycles. The number of hydrogen-bond donors (Lipinski definition) is 0. The lowest BCUT2D eigenvalue weighted by atomic mass is 10.1. The largest absolute Gasteiger partial charge is 0.462 e. The van der Waals surface area contributed by atoms with E-state index in [1.807, 2.05) is 0 Å². The van der Waals surface area contributed by atoms with Crippen molar-refractivity contribution in [2.24, 2.45) is 5.92 Å². The van der Waals surface area contributed by atoms with Crippen molar-refractivity contribution in [3.05, 3.63) is 39.7 Å². The molecule has 6 heteroatoms. The first-order valence-corrected chi connectivity index (χ1v) is 6.19. The quantitative estimate of drug-likeness (QED) is 0.477. The van der Waals surface area contributed by atoms with Gasteiger partial charge in [-0.1, -0.05) is 12.8 Å². The van der Waals surface area contributed by atoms with Crippen LogP contribution in [-0.2, 0) is 4.74 Å². The fraction of sp³-hybridized carbons (Fsp3) is 0.462. The van der Waals surface area contributed by atoms with Crippen LogP contribution in [0.5, 0.6) is 0 Å². The molecule has 0 amide bonds. The molecule has 2 rings (SSSR count). The molecule has 1 aromatic rings. The number of benzene rings is 1. The Morgan fingerprint density at radius 2 is 2.11 bits per heavy atom. The van der Waals surface area contributed by atoms with Crippen LogP contribution in [0, 0.1) is 21.8 Å². The molecule has 1 saturated carbocycles. The Morgan fingerprint density at radius 3 is 2.74 bits per heavy atom. The van der Waals surface area contributed by atoms with E-state index in [0.717, 1.165) is 43.9 Å². The molecule has 0 saturated heterocycles. The van der Waals surface area contributed by atoms with Crippen molar-refractivity contribution in [2.75, 3.05) is 6.61 Å². The van der Waals surface area contributed by atoms with Crippen molar-refractivity contribution in [2.45, 2.75) is 25.7 Å². The first-order chi connectivity index (χ1) is 9.08. The Hall–Kier alpha value is -1.98. The van der Waals surface area contributed by atoms with Gasteiger partial charge in [-0.15, -0.1) is 0 Å². The smallest absolute Gasteiger partial charge is 0.341 e. The Morgan fingerprint density at radius 1 is 1.42 bits per heavy atom. The molecular weight excluding hydrogens is 253 g/mol. The van der Waals surface area contributed by atoms with Crippen LogP contribution in [0.2, 0.25) is 0 Å². The molecule has 5 nitrogen and oxygen atoms in total. The molecule has 0 bridgehead atoms. The SMILES string of the molecule is O=C(OCC1CCCC1)c1cc([N+](=O)[O-])ccc1F. The van der Waals surface area contributed by atoms with Crippen LogP contribution in [0.25, 0.3) is 0 Å². The Kier molecular flexibility index (Phi) is 4.09. The highest BCUT2D eigenvalue weighted by Gasteiger charge is 2.21. The van der Waals surface area contributed by atoms with Crippen molar-refractivity contribution in [3.63, 3.8) is 0 Å². The van der Waals surface area contributed by atoms with Gasteiger partial charge in [0.25, 0.3) is 5.69 Å². The van der Waals surface area contributed by atoms with E-state index < -0.39 is 16.7 Å². The molecule has 19 heavy (non-hydrogen) atoms. The molecular formula is C13H14FNO4. The van der Waals surface area contributed by atoms with Gasteiger partial charge in [-0.3, -0.25) is 10.1 Å². The van der Waals surface area contributed by atoms with Gasteiger partial charge in [-0.25, -0.2) is 9.18 Å². The van der Waals surface area contributed by atoms with Gasteiger partial charge in [-0.05, 0) is 24.8 Å². The third-order valence-corrected chi connectivity index (χ3v) is 3.31. The Bertz CT molecular complexity index is 497. The number of hydrogen-bond acceptors (Lipinski definition) is 4. The summed E-state index contributed by atoms with van der Waals surface area (Å²) in [5.74, 6) is -1.32. The average Bonchev–Trinajstić information content (AvgIpc) is 2.89. The standard InChI is InChI=1S/C13H14FNO4/c14-12-6-5-10(15(17)18)7-11(12)13(16)19-8-9-3-1-2-4-9/h5-7,9H,1-4,8H2. The lowest BCUT2D eigenvalue weighted by Crippen LogP contribution is -2.13. The molecule has 0 spiro atoms. The Balaban J connectivity index is 2.04. The van der Waals surface area contributed by atoms with E-state index in [-0.39, 0.29) is 17.9 Å². The number of nitro groups is 1. The molecule has 102 valence electrons. The number of ether oxygens (including phenoxy) is 1. The van der Waals surface area contributed by atoms with Gasteiger partial charge in [0.1, 0.15) is 11.4 Å². The molecule has 1 aliphatic rings. The number of carbonyl (C=O) groups is 1. The Labute approximate surface area is 109 Å². The fourth-order valence-electron chi connectivity index (χ4n) is 2.23. The van der Waals surface area contributed by atoms with Crippen LogP contribution in [-0.4, -0.2) is 17.5 Å². The second-order valence-corrected chi connectivity index (χ2v) is 4.67. The first kappa shape index (κ1) is 13.5. The minimum Gasteiger partial charge on any atom is -0.462 e. The van der Waals surface area contributed by atoms with Crippen LogP contribution >= 0.6 is 0 Å².